The lowest BCUT2D eigenvalue weighted by atomic mass is 10.1. The molecule has 3 N–H and O–H groups in total. The zero-order valence-corrected chi connectivity index (χ0v) is 15.5. The first-order valence-corrected chi connectivity index (χ1v) is 9.54. The number of carbonyl (C=O) groups excluding carboxylic acids is 1. The van der Waals surface area contributed by atoms with E-state index in [1.807, 2.05) is 31.2 Å². The van der Waals surface area contributed by atoms with Crippen LogP contribution in [-0.4, -0.2) is 28.0 Å². The van der Waals surface area contributed by atoms with Crippen molar-refractivity contribution in [2.75, 3.05) is 13.7 Å². The van der Waals surface area contributed by atoms with Crippen molar-refractivity contribution < 1.29 is 22.7 Å². The second-order valence-electron chi connectivity index (χ2n) is 5.54. The molecule has 0 aliphatic carbocycles. The number of hydrogen-bond acceptors (Lipinski definition) is 5. The maximum absolute atomic E-state index is 12.4. The predicted molar refractivity (Wildman–Crippen MR) is 97.3 cm³/mol. The Kier molecular flexibility index (Phi) is 6.73. The van der Waals surface area contributed by atoms with Crippen molar-refractivity contribution in [1.29, 1.82) is 0 Å². The maximum atomic E-state index is 12.4. The SMILES string of the molecule is CCOCc1ccc(CNC(=O)c2cc(S(N)(=O)=O)ccc2OC)cc1. The highest BCUT2D eigenvalue weighted by molar-refractivity contribution is 7.89. The molecule has 2 aromatic rings. The summed E-state index contributed by atoms with van der Waals surface area (Å²) in [5.41, 5.74) is 2.05. The Morgan fingerprint density at radius 1 is 1.12 bits per heavy atom. The molecule has 2 rings (SSSR count). The molecule has 1 amide bonds. The van der Waals surface area contributed by atoms with Gasteiger partial charge >= 0.3 is 0 Å². The number of methoxy groups -OCH3 is 1. The van der Waals surface area contributed by atoms with Crippen LogP contribution in [0, 0.1) is 0 Å². The minimum absolute atomic E-state index is 0.104. The van der Waals surface area contributed by atoms with Crippen molar-refractivity contribution in [3.05, 3.63) is 59.2 Å². The number of primary sulfonamides is 1. The minimum atomic E-state index is -3.91. The number of benzene rings is 2. The Morgan fingerprint density at radius 2 is 1.77 bits per heavy atom. The summed E-state index contributed by atoms with van der Waals surface area (Å²) in [6, 6.07) is 11.5. The molecule has 0 unspecified atom stereocenters. The molecule has 8 heteroatoms. The first-order valence-electron chi connectivity index (χ1n) is 7.99. The van der Waals surface area contributed by atoms with Crippen LogP contribution < -0.4 is 15.2 Å². The van der Waals surface area contributed by atoms with Gasteiger partial charge in [0.15, 0.2) is 0 Å². The number of nitrogens with one attached hydrogen (secondary N) is 1. The van der Waals surface area contributed by atoms with Gasteiger partial charge in [-0.1, -0.05) is 24.3 Å². The van der Waals surface area contributed by atoms with Gasteiger partial charge in [0.25, 0.3) is 5.91 Å². The van der Waals surface area contributed by atoms with Crippen molar-refractivity contribution in [1.82, 2.24) is 5.32 Å². The third-order valence-corrected chi connectivity index (χ3v) is 4.60. The summed E-state index contributed by atoms with van der Waals surface area (Å²) in [6.07, 6.45) is 0. The second kappa shape index (κ2) is 8.79. The highest BCUT2D eigenvalue weighted by atomic mass is 32.2. The molecule has 0 fully saturated rings. The number of nitrogens with two attached hydrogens (primary N) is 1. The van der Waals surface area contributed by atoms with E-state index < -0.39 is 15.9 Å². The van der Waals surface area contributed by atoms with Crippen molar-refractivity contribution in [3.63, 3.8) is 0 Å². The Labute approximate surface area is 153 Å². The lowest BCUT2D eigenvalue weighted by Gasteiger charge is -2.11. The maximum Gasteiger partial charge on any atom is 0.255 e. The second-order valence-corrected chi connectivity index (χ2v) is 7.10. The Bertz CT molecular complexity index is 864. The van der Waals surface area contributed by atoms with E-state index in [0.29, 0.717) is 13.2 Å². The van der Waals surface area contributed by atoms with Crippen LogP contribution in [0.1, 0.15) is 28.4 Å². The van der Waals surface area contributed by atoms with E-state index >= 15 is 0 Å². The smallest absolute Gasteiger partial charge is 0.255 e. The number of hydrogen-bond donors (Lipinski definition) is 2. The third-order valence-electron chi connectivity index (χ3n) is 3.69. The number of amides is 1. The van der Waals surface area contributed by atoms with E-state index in [1.54, 1.807) is 0 Å². The van der Waals surface area contributed by atoms with Crippen LogP contribution >= 0.6 is 0 Å². The van der Waals surface area contributed by atoms with Crippen molar-refractivity contribution >= 4 is 15.9 Å². The van der Waals surface area contributed by atoms with E-state index in [-0.39, 0.29) is 22.8 Å². The highest BCUT2D eigenvalue weighted by Gasteiger charge is 2.17. The molecule has 2 aromatic carbocycles. The quantitative estimate of drug-likeness (QED) is 0.728. The lowest BCUT2D eigenvalue weighted by molar-refractivity contribution is 0.0947. The van der Waals surface area contributed by atoms with Crippen LogP contribution in [0.5, 0.6) is 5.75 Å². The summed E-state index contributed by atoms with van der Waals surface area (Å²) in [5, 5.41) is 7.87. The van der Waals surface area contributed by atoms with Gasteiger partial charge < -0.3 is 14.8 Å². The van der Waals surface area contributed by atoms with E-state index in [4.69, 9.17) is 14.6 Å². The Morgan fingerprint density at radius 3 is 2.35 bits per heavy atom. The Hall–Kier alpha value is -2.42. The predicted octanol–water partition coefficient (Wildman–Crippen LogP) is 1.81. The fourth-order valence-electron chi connectivity index (χ4n) is 2.29. The van der Waals surface area contributed by atoms with Gasteiger partial charge in [-0.25, -0.2) is 13.6 Å². The lowest BCUT2D eigenvalue weighted by Crippen LogP contribution is -2.24. The van der Waals surface area contributed by atoms with E-state index in [0.717, 1.165) is 11.1 Å². The standard InChI is InChI=1S/C18H22N2O5S/c1-3-25-12-14-6-4-13(5-7-14)11-20-18(21)16-10-15(26(19,22)23)8-9-17(16)24-2/h4-10H,3,11-12H2,1-2H3,(H,20,21)(H2,19,22,23). The molecule has 0 heterocycles. The Balaban J connectivity index is 2.09. The van der Waals surface area contributed by atoms with Crippen LogP contribution in [0.15, 0.2) is 47.4 Å². The number of rotatable bonds is 8. The molecule has 0 aliphatic rings. The van der Waals surface area contributed by atoms with E-state index in [1.165, 1.54) is 25.3 Å². The highest BCUT2D eigenvalue weighted by Crippen LogP contribution is 2.22. The number of sulfonamides is 1. The van der Waals surface area contributed by atoms with Gasteiger partial charge in [-0.3, -0.25) is 4.79 Å². The molecule has 0 spiro atoms. The van der Waals surface area contributed by atoms with Crippen LogP contribution in [0.3, 0.4) is 0 Å². The molecule has 7 nitrogen and oxygen atoms in total. The molecule has 0 saturated heterocycles. The van der Waals surface area contributed by atoms with Gasteiger partial charge in [0.2, 0.25) is 10.0 Å². The molecule has 0 aliphatic heterocycles. The van der Waals surface area contributed by atoms with Crippen molar-refractivity contribution in [2.24, 2.45) is 5.14 Å². The van der Waals surface area contributed by atoms with Crippen LogP contribution in [-0.2, 0) is 27.9 Å². The van der Waals surface area contributed by atoms with Crippen molar-refractivity contribution in [3.8, 4) is 5.75 Å². The van der Waals surface area contributed by atoms with Crippen LogP contribution in [0.2, 0.25) is 0 Å². The van der Waals surface area contributed by atoms with Gasteiger partial charge in [-0.15, -0.1) is 0 Å². The largest absolute Gasteiger partial charge is 0.496 e. The first kappa shape index (κ1) is 19.9. The summed E-state index contributed by atoms with van der Waals surface area (Å²) < 4.78 is 33.4. The van der Waals surface area contributed by atoms with Gasteiger partial charge in [0.05, 0.1) is 24.2 Å². The van der Waals surface area contributed by atoms with Gasteiger partial charge in [-0.05, 0) is 36.2 Å². The molecular formula is C18H22N2O5S. The van der Waals surface area contributed by atoms with Gasteiger partial charge in [0, 0.05) is 13.2 Å². The summed E-state index contributed by atoms with van der Waals surface area (Å²) in [7, 11) is -2.51. The summed E-state index contributed by atoms with van der Waals surface area (Å²) in [6.45, 7) is 3.41. The normalized spacial score (nSPS) is 11.2. The van der Waals surface area contributed by atoms with Crippen molar-refractivity contribution in [2.45, 2.75) is 25.0 Å². The first-order chi connectivity index (χ1) is 12.3. The van der Waals surface area contributed by atoms with Gasteiger partial charge in [-0.2, -0.15) is 0 Å². The number of carbonyl (C=O) groups is 1. The van der Waals surface area contributed by atoms with E-state index in [2.05, 4.69) is 5.32 Å². The van der Waals surface area contributed by atoms with E-state index in [9.17, 15) is 13.2 Å². The third kappa shape index (κ3) is 5.29. The molecule has 0 bridgehead atoms. The molecular weight excluding hydrogens is 356 g/mol. The monoisotopic (exact) mass is 378 g/mol. The molecule has 0 atom stereocenters. The molecule has 0 saturated carbocycles. The van der Waals surface area contributed by atoms with Crippen LogP contribution in [0.4, 0.5) is 0 Å². The van der Waals surface area contributed by atoms with Crippen LogP contribution in [0.25, 0.3) is 0 Å². The zero-order chi connectivity index (χ0) is 19.2. The molecule has 26 heavy (non-hydrogen) atoms. The summed E-state index contributed by atoms with van der Waals surface area (Å²) >= 11 is 0. The minimum Gasteiger partial charge on any atom is -0.496 e. The summed E-state index contributed by atoms with van der Waals surface area (Å²) in [4.78, 5) is 12.3. The van der Waals surface area contributed by atoms with Gasteiger partial charge in [0.1, 0.15) is 5.75 Å². The topological polar surface area (TPSA) is 108 Å². The fourth-order valence-corrected chi connectivity index (χ4v) is 2.83. The average Bonchev–Trinajstić information content (AvgIpc) is 2.64. The average molecular weight is 378 g/mol. The zero-order valence-electron chi connectivity index (χ0n) is 14.7. The summed E-state index contributed by atoms with van der Waals surface area (Å²) in [5.74, 6) is -0.187. The number of ether oxygens (including phenoxy) is 2. The molecule has 0 radical (unpaired) electrons. The molecule has 0 aromatic heterocycles. The molecule has 140 valence electrons. The fraction of sp³-hybridized carbons (Fsp3) is 0.278.